The number of amides is 2. The molecule has 4 rings (SSSR count). The van der Waals surface area contributed by atoms with Gasteiger partial charge in [0.2, 0.25) is 11.8 Å². The van der Waals surface area contributed by atoms with Crippen LogP contribution in [-0.2, 0) is 32.6 Å². The van der Waals surface area contributed by atoms with Gasteiger partial charge in [-0.3, -0.25) is 13.9 Å². The molecule has 0 heterocycles. The molecule has 0 aliphatic carbocycles. The lowest BCUT2D eigenvalue weighted by molar-refractivity contribution is -0.139. The Labute approximate surface area is 259 Å². The first-order valence-electron chi connectivity index (χ1n) is 14.0. The Kier molecular flexibility index (Phi) is 10.3. The average Bonchev–Trinajstić information content (AvgIpc) is 2.99. The van der Waals surface area contributed by atoms with Crippen LogP contribution in [0.3, 0.4) is 0 Å². The smallest absolute Gasteiger partial charge is 0.264 e. The second-order valence-electron chi connectivity index (χ2n) is 10.6. The molecule has 4 aromatic rings. The van der Waals surface area contributed by atoms with Crippen molar-refractivity contribution in [3.63, 3.8) is 0 Å². The van der Waals surface area contributed by atoms with Crippen molar-refractivity contribution in [2.75, 3.05) is 17.9 Å². The molecule has 0 saturated heterocycles. The van der Waals surface area contributed by atoms with Gasteiger partial charge in [0.15, 0.2) is 0 Å². The Bertz CT molecular complexity index is 1690. The summed E-state index contributed by atoms with van der Waals surface area (Å²) in [5.74, 6) is -0.889. The number of hydrogen-bond donors (Lipinski definition) is 1. The van der Waals surface area contributed by atoms with E-state index >= 15 is 0 Å². The van der Waals surface area contributed by atoms with Crippen molar-refractivity contribution in [3.8, 4) is 0 Å². The normalized spacial score (nSPS) is 11.9. The molecule has 0 fully saturated rings. The summed E-state index contributed by atoms with van der Waals surface area (Å²) in [7, 11) is -2.64. The van der Waals surface area contributed by atoms with E-state index in [-0.39, 0.29) is 23.8 Å². The lowest BCUT2D eigenvalue weighted by Crippen LogP contribution is -2.53. The summed E-state index contributed by atoms with van der Waals surface area (Å²) in [6.07, 6.45) is 0.237. The zero-order valence-electron chi connectivity index (χ0n) is 24.7. The Hall–Kier alpha value is -4.14. The predicted octanol–water partition coefficient (Wildman–Crippen LogP) is 5.85. The first kappa shape index (κ1) is 31.8. The van der Waals surface area contributed by atoms with Crippen molar-refractivity contribution in [3.05, 3.63) is 130 Å². The highest BCUT2D eigenvalue weighted by Gasteiger charge is 2.34. The number of carbonyl (C=O) groups is 2. The standard InChI is InChI=1S/C34H36ClN3O4S/c1-24-14-17-30(18-15-24)43(41,42)38(31-19-25(2)13-16-26(31)3)23-33(39)37(22-28-11-8-12-29(35)20-28)32(34(40)36-4)21-27-9-6-5-7-10-27/h5-20,32H,21-23H2,1-4H3,(H,36,40). The second-order valence-corrected chi connectivity index (χ2v) is 12.9. The van der Waals surface area contributed by atoms with Crippen LogP contribution >= 0.6 is 11.6 Å². The number of carbonyl (C=O) groups excluding carboxylic acids is 2. The Morgan fingerprint density at radius 3 is 2.12 bits per heavy atom. The van der Waals surface area contributed by atoms with E-state index in [2.05, 4.69) is 5.32 Å². The molecule has 0 aliphatic heterocycles. The minimum atomic E-state index is -4.16. The topological polar surface area (TPSA) is 86.8 Å². The molecule has 1 unspecified atom stereocenters. The van der Waals surface area contributed by atoms with Gasteiger partial charge in [0, 0.05) is 25.0 Å². The fraction of sp³-hybridized carbons (Fsp3) is 0.235. The van der Waals surface area contributed by atoms with Gasteiger partial charge in [0.05, 0.1) is 10.6 Å². The Balaban J connectivity index is 1.82. The van der Waals surface area contributed by atoms with Crippen LogP contribution in [0.25, 0.3) is 0 Å². The maximum absolute atomic E-state index is 14.4. The van der Waals surface area contributed by atoms with Gasteiger partial charge in [-0.15, -0.1) is 0 Å². The number of halogens is 1. The molecular formula is C34H36ClN3O4S. The minimum Gasteiger partial charge on any atom is -0.357 e. The van der Waals surface area contributed by atoms with E-state index in [0.717, 1.165) is 21.0 Å². The zero-order chi connectivity index (χ0) is 31.1. The van der Waals surface area contributed by atoms with Gasteiger partial charge in [-0.1, -0.05) is 83.9 Å². The molecular weight excluding hydrogens is 582 g/mol. The SMILES string of the molecule is CNC(=O)C(Cc1ccccc1)N(Cc1cccc(Cl)c1)C(=O)CN(c1cc(C)ccc1C)S(=O)(=O)c1ccc(C)cc1. The van der Waals surface area contributed by atoms with Crippen molar-refractivity contribution in [1.29, 1.82) is 0 Å². The van der Waals surface area contributed by atoms with Gasteiger partial charge in [0.1, 0.15) is 12.6 Å². The van der Waals surface area contributed by atoms with Gasteiger partial charge in [0.25, 0.3) is 10.0 Å². The molecule has 224 valence electrons. The highest BCUT2D eigenvalue weighted by molar-refractivity contribution is 7.92. The van der Waals surface area contributed by atoms with Crippen LogP contribution in [0.5, 0.6) is 0 Å². The van der Waals surface area contributed by atoms with Crippen LogP contribution in [-0.4, -0.2) is 44.8 Å². The highest BCUT2D eigenvalue weighted by Crippen LogP contribution is 2.29. The van der Waals surface area contributed by atoms with Crippen molar-refractivity contribution < 1.29 is 18.0 Å². The van der Waals surface area contributed by atoms with Gasteiger partial charge < -0.3 is 10.2 Å². The molecule has 0 saturated carbocycles. The summed E-state index contributed by atoms with van der Waals surface area (Å²) >= 11 is 6.27. The van der Waals surface area contributed by atoms with Crippen molar-refractivity contribution in [2.45, 2.75) is 44.7 Å². The third kappa shape index (κ3) is 7.83. The third-order valence-electron chi connectivity index (χ3n) is 7.28. The number of nitrogens with zero attached hydrogens (tertiary/aromatic N) is 2. The molecule has 1 atom stereocenters. The van der Waals surface area contributed by atoms with E-state index in [0.29, 0.717) is 21.8 Å². The summed E-state index contributed by atoms with van der Waals surface area (Å²) < 4.78 is 29.5. The molecule has 0 spiro atoms. The summed E-state index contributed by atoms with van der Waals surface area (Å²) in [5.41, 5.74) is 4.43. The van der Waals surface area contributed by atoms with Crippen LogP contribution in [0, 0.1) is 20.8 Å². The average molecular weight is 618 g/mol. The zero-order valence-corrected chi connectivity index (χ0v) is 26.3. The monoisotopic (exact) mass is 617 g/mol. The maximum atomic E-state index is 14.4. The molecule has 0 bridgehead atoms. The summed E-state index contributed by atoms with van der Waals surface area (Å²) in [4.78, 5) is 29.3. The molecule has 2 amide bonds. The lowest BCUT2D eigenvalue weighted by atomic mass is 10.0. The van der Waals surface area contributed by atoms with E-state index in [4.69, 9.17) is 11.6 Å². The number of benzene rings is 4. The van der Waals surface area contributed by atoms with Crippen LogP contribution < -0.4 is 9.62 Å². The minimum absolute atomic E-state index is 0.0511. The number of anilines is 1. The van der Waals surface area contributed by atoms with Crippen LogP contribution in [0.15, 0.2) is 102 Å². The number of likely N-dealkylation sites (N-methyl/N-ethyl adjacent to an activating group) is 1. The van der Waals surface area contributed by atoms with Gasteiger partial charge in [-0.05, 0) is 73.4 Å². The second kappa shape index (κ2) is 13.9. The molecule has 0 aromatic heterocycles. The number of rotatable bonds is 11. The fourth-order valence-electron chi connectivity index (χ4n) is 4.89. The molecule has 0 radical (unpaired) electrons. The van der Waals surface area contributed by atoms with E-state index in [1.807, 2.05) is 69.3 Å². The van der Waals surface area contributed by atoms with Gasteiger partial charge in [-0.2, -0.15) is 0 Å². The first-order chi connectivity index (χ1) is 20.5. The molecule has 1 N–H and O–H groups in total. The van der Waals surface area contributed by atoms with Gasteiger partial charge >= 0.3 is 0 Å². The Morgan fingerprint density at radius 2 is 1.47 bits per heavy atom. The number of hydrogen-bond acceptors (Lipinski definition) is 4. The lowest BCUT2D eigenvalue weighted by Gasteiger charge is -2.34. The summed E-state index contributed by atoms with van der Waals surface area (Å²) in [6, 6.07) is 27.6. The predicted molar refractivity (Wildman–Crippen MR) is 172 cm³/mol. The van der Waals surface area contributed by atoms with Crippen LogP contribution in [0.4, 0.5) is 5.69 Å². The van der Waals surface area contributed by atoms with E-state index < -0.39 is 28.5 Å². The van der Waals surface area contributed by atoms with Crippen molar-refractivity contribution in [1.82, 2.24) is 10.2 Å². The van der Waals surface area contributed by atoms with Crippen molar-refractivity contribution >= 4 is 39.1 Å². The Morgan fingerprint density at radius 1 is 0.814 bits per heavy atom. The molecule has 0 aliphatic rings. The summed E-state index contributed by atoms with van der Waals surface area (Å²) in [6.45, 7) is 5.10. The number of nitrogens with one attached hydrogen (secondary N) is 1. The van der Waals surface area contributed by atoms with E-state index in [9.17, 15) is 18.0 Å². The molecule has 9 heteroatoms. The fourth-order valence-corrected chi connectivity index (χ4v) is 6.57. The number of aryl methyl sites for hydroxylation is 3. The summed E-state index contributed by atoms with van der Waals surface area (Å²) in [5, 5.41) is 3.18. The molecule has 7 nitrogen and oxygen atoms in total. The maximum Gasteiger partial charge on any atom is 0.264 e. The van der Waals surface area contributed by atoms with Crippen molar-refractivity contribution in [2.24, 2.45) is 0 Å². The molecule has 4 aromatic carbocycles. The first-order valence-corrected chi connectivity index (χ1v) is 15.8. The highest BCUT2D eigenvalue weighted by atomic mass is 35.5. The van der Waals surface area contributed by atoms with Crippen LogP contribution in [0.2, 0.25) is 5.02 Å². The molecule has 43 heavy (non-hydrogen) atoms. The third-order valence-corrected chi connectivity index (χ3v) is 9.29. The van der Waals surface area contributed by atoms with E-state index in [1.165, 1.54) is 11.9 Å². The van der Waals surface area contributed by atoms with E-state index in [1.54, 1.807) is 48.5 Å². The van der Waals surface area contributed by atoms with Gasteiger partial charge in [-0.25, -0.2) is 8.42 Å². The largest absolute Gasteiger partial charge is 0.357 e. The number of sulfonamides is 1. The van der Waals surface area contributed by atoms with Crippen LogP contribution in [0.1, 0.15) is 27.8 Å². The quantitative estimate of drug-likeness (QED) is 0.229.